The SMILES string of the molecule is O=C(NC[C@]1(O)CCN(Cc2ccc(OCc3ccccn3)cc2)C[C@H]1O)c1cnc[nH]1. The molecule has 0 radical (unpaired) electrons. The molecule has 4 rings (SSSR count). The van der Waals surface area contributed by atoms with Crippen molar-refractivity contribution >= 4 is 5.91 Å². The van der Waals surface area contributed by atoms with Crippen LogP contribution < -0.4 is 10.1 Å². The van der Waals surface area contributed by atoms with Gasteiger partial charge in [0.25, 0.3) is 5.91 Å². The van der Waals surface area contributed by atoms with E-state index in [1.807, 2.05) is 42.5 Å². The second kappa shape index (κ2) is 9.90. The van der Waals surface area contributed by atoms with Crippen LogP contribution in [0.3, 0.4) is 0 Å². The zero-order valence-electron chi connectivity index (χ0n) is 17.6. The molecule has 1 amide bonds. The Bertz CT molecular complexity index is 997. The number of imidazole rings is 1. The summed E-state index contributed by atoms with van der Waals surface area (Å²) in [6.45, 7) is 1.95. The van der Waals surface area contributed by atoms with E-state index in [4.69, 9.17) is 4.74 Å². The van der Waals surface area contributed by atoms with Gasteiger partial charge in [0.15, 0.2) is 0 Å². The third-order valence-electron chi connectivity index (χ3n) is 5.65. The number of likely N-dealkylation sites (tertiary alicyclic amines) is 1. The number of rotatable bonds is 8. The van der Waals surface area contributed by atoms with E-state index in [0.29, 0.717) is 38.4 Å². The number of hydrogen-bond acceptors (Lipinski definition) is 7. The van der Waals surface area contributed by atoms with E-state index in [-0.39, 0.29) is 12.5 Å². The van der Waals surface area contributed by atoms with Crippen LogP contribution in [0.2, 0.25) is 0 Å². The van der Waals surface area contributed by atoms with E-state index in [9.17, 15) is 15.0 Å². The number of aliphatic hydroxyl groups excluding tert-OH is 1. The van der Waals surface area contributed by atoms with Gasteiger partial charge in [-0.15, -0.1) is 0 Å². The Balaban J connectivity index is 1.25. The topological polar surface area (TPSA) is 124 Å². The highest BCUT2D eigenvalue weighted by atomic mass is 16.5. The minimum atomic E-state index is -1.37. The number of benzene rings is 1. The first-order chi connectivity index (χ1) is 15.5. The first kappa shape index (κ1) is 21.9. The molecule has 2 aromatic heterocycles. The monoisotopic (exact) mass is 437 g/mol. The number of pyridine rings is 1. The number of hydrogen-bond donors (Lipinski definition) is 4. The molecule has 1 aromatic carbocycles. The number of aromatic amines is 1. The molecule has 1 fully saturated rings. The lowest BCUT2D eigenvalue weighted by atomic mass is 9.88. The summed E-state index contributed by atoms with van der Waals surface area (Å²) in [7, 11) is 0. The van der Waals surface area contributed by atoms with Gasteiger partial charge in [-0.3, -0.25) is 14.7 Å². The van der Waals surface area contributed by atoms with Crippen molar-refractivity contribution < 1.29 is 19.7 Å². The molecule has 0 aliphatic carbocycles. The molecule has 0 bridgehead atoms. The van der Waals surface area contributed by atoms with Gasteiger partial charge in [-0.2, -0.15) is 0 Å². The summed E-state index contributed by atoms with van der Waals surface area (Å²) in [4.78, 5) is 24.9. The molecule has 9 heteroatoms. The standard InChI is InChI=1S/C23H27N5O4/c29-21-13-28(10-8-23(21,31)15-26-22(30)20-11-24-16-27-20)12-17-4-6-19(7-5-17)32-14-18-3-1-2-9-25-18/h1-7,9,11,16,21,29,31H,8,10,12-15H2,(H,24,27)(H,26,30)/t21-,23-/m1/s1. The Morgan fingerprint density at radius 2 is 2.12 bits per heavy atom. The fraction of sp³-hybridized carbons (Fsp3) is 0.348. The third-order valence-corrected chi connectivity index (χ3v) is 5.65. The molecule has 1 aliphatic rings. The van der Waals surface area contributed by atoms with Crippen LogP contribution >= 0.6 is 0 Å². The number of nitrogens with one attached hydrogen (secondary N) is 2. The van der Waals surface area contributed by atoms with Crippen LogP contribution in [0.25, 0.3) is 0 Å². The largest absolute Gasteiger partial charge is 0.487 e. The Labute approximate surface area is 186 Å². The van der Waals surface area contributed by atoms with E-state index in [1.54, 1.807) is 6.20 Å². The fourth-order valence-corrected chi connectivity index (χ4v) is 3.67. The summed E-state index contributed by atoms with van der Waals surface area (Å²) < 4.78 is 5.76. The number of piperidine rings is 1. The van der Waals surface area contributed by atoms with Crippen LogP contribution in [0.1, 0.15) is 28.2 Å². The Hall–Kier alpha value is -3.27. The molecular weight excluding hydrogens is 410 g/mol. The van der Waals surface area contributed by atoms with E-state index in [0.717, 1.165) is 17.0 Å². The summed E-state index contributed by atoms with van der Waals surface area (Å²) in [6.07, 6.45) is 3.94. The van der Waals surface area contributed by atoms with Crippen molar-refractivity contribution in [2.24, 2.45) is 0 Å². The molecule has 168 valence electrons. The first-order valence-electron chi connectivity index (χ1n) is 10.5. The van der Waals surface area contributed by atoms with Crippen LogP contribution in [0, 0.1) is 0 Å². The number of ether oxygens (including phenoxy) is 1. The summed E-state index contributed by atoms with van der Waals surface area (Å²) in [5.41, 5.74) is 0.899. The van der Waals surface area contributed by atoms with Gasteiger partial charge >= 0.3 is 0 Å². The van der Waals surface area contributed by atoms with Crippen LogP contribution in [-0.4, -0.2) is 67.3 Å². The van der Waals surface area contributed by atoms with Gasteiger partial charge in [0.2, 0.25) is 0 Å². The molecule has 0 spiro atoms. The van der Waals surface area contributed by atoms with Gasteiger partial charge in [-0.1, -0.05) is 18.2 Å². The van der Waals surface area contributed by atoms with Crippen LogP contribution in [0.15, 0.2) is 61.2 Å². The summed E-state index contributed by atoms with van der Waals surface area (Å²) in [6, 6.07) is 13.5. The summed E-state index contributed by atoms with van der Waals surface area (Å²) >= 11 is 0. The Morgan fingerprint density at radius 3 is 2.81 bits per heavy atom. The lowest BCUT2D eigenvalue weighted by Gasteiger charge is -2.42. The molecule has 0 unspecified atom stereocenters. The summed E-state index contributed by atoms with van der Waals surface area (Å²) in [5, 5.41) is 24.0. The number of carbonyl (C=O) groups is 1. The predicted molar refractivity (Wildman–Crippen MR) is 117 cm³/mol. The van der Waals surface area contributed by atoms with E-state index in [1.165, 1.54) is 12.5 Å². The number of aromatic nitrogens is 3. The molecule has 2 atom stereocenters. The number of carbonyl (C=O) groups excluding carboxylic acids is 1. The maximum atomic E-state index is 12.1. The van der Waals surface area contributed by atoms with Gasteiger partial charge in [-0.05, 0) is 36.2 Å². The second-order valence-corrected chi connectivity index (χ2v) is 8.01. The van der Waals surface area contributed by atoms with Crippen molar-refractivity contribution in [1.82, 2.24) is 25.2 Å². The minimum absolute atomic E-state index is 0.0256. The van der Waals surface area contributed by atoms with Crippen molar-refractivity contribution in [3.63, 3.8) is 0 Å². The average molecular weight is 438 g/mol. The van der Waals surface area contributed by atoms with Crippen molar-refractivity contribution in [2.75, 3.05) is 19.6 Å². The molecule has 32 heavy (non-hydrogen) atoms. The summed E-state index contributed by atoms with van der Waals surface area (Å²) in [5.74, 6) is 0.399. The van der Waals surface area contributed by atoms with E-state index < -0.39 is 11.7 Å². The molecule has 1 aliphatic heterocycles. The predicted octanol–water partition coefficient (Wildman–Crippen LogP) is 1.11. The molecule has 1 saturated heterocycles. The first-order valence-corrected chi connectivity index (χ1v) is 10.5. The highest BCUT2D eigenvalue weighted by Crippen LogP contribution is 2.24. The molecule has 9 nitrogen and oxygen atoms in total. The number of β-amino-alcohol motifs (C(OH)–C–C–N with tert-alkyl or cyclic N) is 1. The molecule has 3 heterocycles. The van der Waals surface area contributed by atoms with Gasteiger partial charge in [0.05, 0.1) is 24.3 Å². The normalized spacial score (nSPS) is 21.2. The Kier molecular flexibility index (Phi) is 6.79. The highest BCUT2D eigenvalue weighted by molar-refractivity contribution is 5.91. The zero-order valence-corrected chi connectivity index (χ0v) is 17.6. The van der Waals surface area contributed by atoms with Gasteiger partial charge in [0.1, 0.15) is 23.7 Å². The molecule has 0 saturated carbocycles. The highest BCUT2D eigenvalue weighted by Gasteiger charge is 2.40. The zero-order chi connectivity index (χ0) is 22.4. The maximum absolute atomic E-state index is 12.1. The molecule has 4 N–H and O–H groups in total. The average Bonchev–Trinajstić information content (AvgIpc) is 3.36. The van der Waals surface area contributed by atoms with Crippen LogP contribution in [-0.2, 0) is 13.2 Å². The maximum Gasteiger partial charge on any atom is 0.269 e. The van der Waals surface area contributed by atoms with Crippen molar-refractivity contribution in [1.29, 1.82) is 0 Å². The molecular formula is C23H27N5O4. The van der Waals surface area contributed by atoms with Crippen molar-refractivity contribution in [2.45, 2.75) is 31.3 Å². The van der Waals surface area contributed by atoms with Gasteiger partial charge in [0, 0.05) is 32.4 Å². The second-order valence-electron chi connectivity index (χ2n) is 8.01. The van der Waals surface area contributed by atoms with E-state index >= 15 is 0 Å². The number of amides is 1. The number of aliphatic hydroxyl groups is 2. The number of H-pyrrole nitrogens is 1. The molecule has 3 aromatic rings. The smallest absolute Gasteiger partial charge is 0.269 e. The lowest BCUT2D eigenvalue weighted by Crippen LogP contribution is -2.60. The minimum Gasteiger partial charge on any atom is -0.487 e. The lowest BCUT2D eigenvalue weighted by molar-refractivity contribution is -0.116. The van der Waals surface area contributed by atoms with Crippen LogP contribution in [0.4, 0.5) is 0 Å². The van der Waals surface area contributed by atoms with Crippen molar-refractivity contribution in [3.8, 4) is 5.75 Å². The van der Waals surface area contributed by atoms with Crippen LogP contribution in [0.5, 0.6) is 5.75 Å². The fourth-order valence-electron chi connectivity index (χ4n) is 3.67. The third kappa shape index (κ3) is 5.50. The van der Waals surface area contributed by atoms with Gasteiger partial charge < -0.3 is 25.3 Å². The quantitative estimate of drug-likeness (QED) is 0.416. The Morgan fingerprint density at radius 1 is 1.28 bits per heavy atom. The number of nitrogens with zero attached hydrogens (tertiary/aromatic N) is 3. The van der Waals surface area contributed by atoms with Gasteiger partial charge in [-0.25, -0.2) is 4.98 Å². The van der Waals surface area contributed by atoms with E-state index in [2.05, 4.69) is 25.2 Å². The van der Waals surface area contributed by atoms with Crippen molar-refractivity contribution in [3.05, 3.63) is 78.1 Å².